The third kappa shape index (κ3) is 6.79. The summed E-state index contributed by atoms with van der Waals surface area (Å²) in [6.45, 7) is 3.67. The van der Waals surface area contributed by atoms with Crippen LogP contribution in [0.1, 0.15) is 38.7 Å². The van der Waals surface area contributed by atoms with Crippen molar-refractivity contribution in [3.05, 3.63) is 29.8 Å². The summed E-state index contributed by atoms with van der Waals surface area (Å²) in [5, 5.41) is 11.6. The quantitative estimate of drug-likeness (QED) is 0.771. The second-order valence-corrected chi connectivity index (χ2v) is 5.67. The molecule has 0 aromatic heterocycles. The number of ether oxygens (including phenoxy) is 1. The summed E-state index contributed by atoms with van der Waals surface area (Å²) < 4.78 is 5.08. The molecular weight excluding hydrogens is 270 g/mol. The molecule has 0 heterocycles. The summed E-state index contributed by atoms with van der Waals surface area (Å²) in [7, 11) is 1.61. The minimum Gasteiger partial charge on any atom is -0.497 e. The zero-order valence-corrected chi connectivity index (χ0v) is 12.8. The fourth-order valence-corrected chi connectivity index (χ4v) is 1.97. The number of carboxylic acids is 1. The molecule has 0 atom stereocenters. The van der Waals surface area contributed by atoms with E-state index < -0.39 is 11.5 Å². The Hall–Kier alpha value is -2.04. The first-order valence-corrected chi connectivity index (χ1v) is 6.98. The molecule has 2 N–H and O–H groups in total. The molecular formula is C16H23NO4. The van der Waals surface area contributed by atoms with E-state index in [1.165, 1.54) is 0 Å². The van der Waals surface area contributed by atoms with Crippen LogP contribution in [-0.4, -0.2) is 29.6 Å². The lowest BCUT2D eigenvalue weighted by atomic mass is 9.98. The smallest absolute Gasteiger partial charge is 0.303 e. The summed E-state index contributed by atoms with van der Waals surface area (Å²) in [5.74, 6) is -0.130. The molecule has 1 aromatic rings. The first-order chi connectivity index (χ1) is 9.82. The number of methoxy groups -OCH3 is 1. The highest BCUT2D eigenvalue weighted by molar-refractivity contribution is 5.77. The van der Waals surface area contributed by atoms with Crippen molar-refractivity contribution in [2.45, 2.75) is 45.1 Å². The molecule has 21 heavy (non-hydrogen) atoms. The molecule has 0 aliphatic carbocycles. The number of amides is 1. The van der Waals surface area contributed by atoms with Crippen LogP contribution in [0.2, 0.25) is 0 Å². The van der Waals surface area contributed by atoms with Gasteiger partial charge in [0.25, 0.3) is 0 Å². The van der Waals surface area contributed by atoms with Crippen molar-refractivity contribution in [3.8, 4) is 5.75 Å². The minimum absolute atomic E-state index is 0.0474. The van der Waals surface area contributed by atoms with E-state index in [0.717, 1.165) is 11.3 Å². The van der Waals surface area contributed by atoms with Crippen LogP contribution in [0.25, 0.3) is 0 Å². The van der Waals surface area contributed by atoms with Crippen molar-refractivity contribution in [1.29, 1.82) is 0 Å². The van der Waals surface area contributed by atoms with Crippen molar-refractivity contribution in [2.24, 2.45) is 0 Å². The van der Waals surface area contributed by atoms with E-state index in [4.69, 9.17) is 9.84 Å². The molecule has 0 aliphatic rings. The fraction of sp³-hybridized carbons (Fsp3) is 0.500. The highest BCUT2D eigenvalue weighted by Gasteiger charge is 2.21. The maximum absolute atomic E-state index is 11.9. The lowest BCUT2D eigenvalue weighted by Gasteiger charge is -2.25. The molecule has 0 bridgehead atoms. The van der Waals surface area contributed by atoms with Crippen LogP contribution in [0.3, 0.4) is 0 Å². The Morgan fingerprint density at radius 3 is 2.33 bits per heavy atom. The lowest BCUT2D eigenvalue weighted by Crippen LogP contribution is -2.43. The average Bonchev–Trinajstić information content (AvgIpc) is 2.43. The van der Waals surface area contributed by atoms with Gasteiger partial charge in [-0.1, -0.05) is 12.1 Å². The van der Waals surface area contributed by atoms with Gasteiger partial charge in [-0.05, 0) is 44.4 Å². The van der Waals surface area contributed by atoms with E-state index in [1.54, 1.807) is 7.11 Å². The zero-order chi connectivity index (χ0) is 15.9. The van der Waals surface area contributed by atoms with E-state index >= 15 is 0 Å². The second kappa shape index (κ2) is 7.67. The van der Waals surface area contributed by atoms with E-state index in [0.29, 0.717) is 19.3 Å². The first-order valence-electron chi connectivity index (χ1n) is 6.98. The standard InChI is InChI=1S/C16H23NO4/c1-16(2,11-10-15(19)20)17-14(18)9-6-12-4-7-13(21-3)8-5-12/h4-5,7-8H,6,9-11H2,1-3H3,(H,17,18)(H,19,20). The van der Waals surface area contributed by atoms with Gasteiger partial charge in [0.2, 0.25) is 5.91 Å². The molecule has 5 nitrogen and oxygen atoms in total. The van der Waals surface area contributed by atoms with Gasteiger partial charge >= 0.3 is 5.97 Å². The Bertz CT molecular complexity index is 480. The summed E-state index contributed by atoms with van der Waals surface area (Å²) in [4.78, 5) is 22.5. The van der Waals surface area contributed by atoms with Gasteiger partial charge in [0.1, 0.15) is 5.75 Å². The number of aliphatic carboxylic acids is 1. The largest absolute Gasteiger partial charge is 0.497 e. The van der Waals surface area contributed by atoms with Gasteiger partial charge < -0.3 is 15.2 Å². The number of nitrogens with one attached hydrogen (secondary N) is 1. The fourth-order valence-electron chi connectivity index (χ4n) is 1.97. The van der Waals surface area contributed by atoms with E-state index in [1.807, 2.05) is 38.1 Å². The van der Waals surface area contributed by atoms with Gasteiger partial charge in [0, 0.05) is 18.4 Å². The third-order valence-corrected chi connectivity index (χ3v) is 3.24. The molecule has 0 saturated heterocycles. The highest BCUT2D eigenvalue weighted by Crippen LogP contribution is 2.14. The van der Waals surface area contributed by atoms with Crippen molar-refractivity contribution in [1.82, 2.24) is 5.32 Å². The van der Waals surface area contributed by atoms with Crippen LogP contribution in [0.5, 0.6) is 5.75 Å². The van der Waals surface area contributed by atoms with E-state index in [9.17, 15) is 9.59 Å². The topological polar surface area (TPSA) is 75.6 Å². The molecule has 0 spiro atoms. The highest BCUT2D eigenvalue weighted by atomic mass is 16.5. The molecule has 0 fully saturated rings. The molecule has 0 aliphatic heterocycles. The number of aryl methyl sites for hydroxylation is 1. The Morgan fingerprint density at radius 2 is 1.81 bits per heavy atom. The molecule has 5 heteroatoms. The number of carbonyl (C=O) groups is 2. The van der Waals surface area contributed by atoms with Crippen LogP contribution in [0, 0.1) is 0 Å². The number of carbonyl (C=O) groups excluding carboxylic acids is 1. The van der Waals surface area contributed by atoms with Crippen LogP contribution in [-0.2, 0) is 16.0 Å². The molecule has 0 unspecified atom stereocenters. The van der Waals surface area contributed by atoms with E-state index in [2.05, 4.69) is 5.32 Å². The van der Waals surface area contributed by atoms with Gasteiger partial charge in [-0.2, -0.15) is 0 Å². The van der Waals surface area contributed by atoms with Crippen LogP contribution < -0.4 is 10.1 Å². The van der Waals surface area contributed by atoms with Gasteiger partial charge in [-0.25, -0.2) is 0 Å². The molecule has 1 rings (SSSR count). The van der Waals surface area contributed by atoms with Gasteiger partial charge in [-0.3, -0.25) is 9.59 Å². The normalized spacial score (nSPS) is 11.0. The zero-order valence-electron chi connectivity index (χ0n) is 12.8. The molecule has 116 valence electrons. The number of hydrogen-bond acceptors (Lipinski definition) is 3. The van der Waals surface area contributed by atoms with Gasteiger partial charge in [0.05, 0.1) is 7.11 Å². The minimum atomic E-state index is -0.851. The van der Waals surface area contributed by atoms with Crippen molar-refractivity contribution >= 4 is 11.9 Å². The molecule has 0 radical (unpaired) electrons. The van der Waals surface area contributed by atoms with Crippen molar-refractivity contribution in [2.75, 3.05) is 7.11 Å². The number of rotatable bonds is 8. The monoisotopic (exact) mass is 293 g/mol. The SMILES string of the molecule is COc1ccc(CCC(=O)NC(C)(C)CCC(=O)O)cc1. The van der Waals surface area contributed by atoms with Crippen LogP contribution in [0.4, 0.5) is 0 Å². The summed E-state index contributed by atoms with van der Waals surface area (Å²) in [6.07, 6.45) is 1.48. The van der Waals surface area contributed by atoms with Crippen molar-refractivity contribution in [3.63, 3.8) is 0 Å². The Labute approximate surface area is 125 Å². The number of carboxylic acid groups (broad SMARTS) is 1. The predicted octanol–water partition coefficient (Wildman–Crippen LogP) is 2.39. The Kier molecular flexibility index (Phi) is 6.21. The molecule has 1 amide bonds. The Balaban J connectivity index is 2.40. The van der Waals surface area contributed by atoms with Crippen LogP contribution in [0.15, 0.2) is 24.3 Å². The Morgan fingerprint density at radius 1 is 1.19 bits per heavy atom. The lowest BCUT2D eigenvalue weighted by molar-refractivity contribution is -0.137. The van der Waals surface area contributed by atoms with E-state index in [-0.39, 0.29) is 12.3 Å². The number of hydrogen-bond donors (Lipinski definition) is 2. The molecule has 0 saturated carbocycles. The predicted molar refractivity (Wildman–Crippen MR) is 80.4 cm³/mol. The second-order valence-electron chi connectivity index (χ2n) is 5.67. The maximum Gasteiger partial charge on any atom is 0.303 e. The van der Waals surface area contributed by atoms with Crippen LogP contribution >= 0.6 is 0 Å². The van der Waals surface area contributed by atoms with Gasteiger partial charge in [-0.15, -0.1) is 0 Å². The summed E-state index contributed by atoms with van der Waals surface area (Å²) in [5.41, 5.74) is 0.560. The third-order valence-electron chi connectivity index (χ3n) is 3.24. The first kappa shape index (κ1) is 17.0. The summed E-state index contributed by atoms with van der Waals surface area (Å²) >= 11 is 0. The molecule has 1 aromatic carbocycles. The van der Waals surface area contributed by atoms with Gasteiger partial charge in [0.15, 0.2) is 0 Å². The average molecular weight is 293 g/mol. The summed E-state index contributed by atoms with van der Waals surface area (Å²) in [6, 6.07) is 7.59. The number of benzene rings is 1. The maximum atomic E-state index is 11.9. The van der Waals surface area contributed by atoms with Crippen molar-refractivity contribution < 1.29 is 19.4 Å².